The van der Waals surface area contributed by atoms with Crippen molar-refractivity contribution in [2.75, 3.05) is 7.11 Å². The van der Waals surface area contributed by atoms with Gasteiger partial charge >= 0.3 is 0 Å². The molecule has 0 aliphatic rings. The summed E-state index contributed by atoms with van der Waals surface area (Å²) in [4.78, 5) is 2.63. The van der Waals surface area contributed by atoms with Gasteiger partial charge in [0.1, 0.15) is 0 Å². The van der Waals surface area contributed by atoms with Crippen molar-refractivity contribution >= 4 is 11.3 Å². The van der Waals surface area contributed by atoms with E-state index in [1.165, 1.54) is 9.75 Å². The molecule has 0 atom stereocenters. The largest absolute Gasteiger partial charge is 0.373 e. The third-order valence-corrected chi connectivity index (χ3v) is 3.15. The highest BCUT2D eigenvalue weighted by Gasteiger charge is 2.20. The molecule has 0 saturated heterocycles. The lowest BCUT2D eigenvalue weighted by molar-refractivity contribution is 0.0224. The molecule has 1 rings (SSSR count). The van der Waals surface area contributed by atoms with E-state index in [9.17, 15) is 0 Å². The minimum Gasteiger partial charge on any atom is -0.373 e. The molecule has 1 aromatic rings. The van der Waals surface area contributed by atoms with E-state index in [0.29, 0.717) is 0 Å². The van der Waals surface area contributed by atoms with Crippen LogP contribution in [0.25, 0.3) is 0 Å². The molecule has 0 aromatic carbocycles. The van der Waals surface area contributed by atoms with Gasteiger partial charge in [-0.1, -0.05) is 0 Å². The minimum atomic E-state index is -0.126. The zero-order valence-electron chi connectivity index (χ0n) is 7.47. The van der Waals surface area contributed by atoms with Crippen LogP contribution in [0.3, 0.4) is 0 Å². The van der Waals surface area contributed by atoms with Crippen LogP contribution < -0.4 is 0 Å². The van der Waals surface area contributed by atoms with Crippen LogP contribution in [0, 0.1) is 6.92 Å². The maximum Gasteiger partial charge on any atom is 0.0962 e. The molecule has 0 radical (unpaired) electrons. The molecule has 0 fully saturated rings. The van der Waals surface area contributed by atoms with Crippen molar-refractivity contribution in [3.63, 3.8) is 0 Å². The maximum absolute atomic E-state index is 5.35. The molecule has 0 bridgehead atoms. The van der Waals surface area contributed by atoms with Gasteiger partial charge in [-0.2, -0.15) is 0 Å². The average molecular weight is 170 g/mol. The Bertz CT molecular complexity index is 237. The number of aryl methyl sites for hydroxylation is 1. The second-order valence-electron chi connectivity index (χ2n) is 3.12. The van der Waals surface area contributed by atoms with E-state index in [1.54, 1.807) is 18.4 Å². The number of thiophene rings is 1. The van der Waals surface area contributed by atoms with Gasteiger partial charge in [0.2, 0.25) is 0 Å². The van der Waals surface area contributed by atoms with Crippen molar-refractivity contribution in [1.82, 2.24) is 0 Å². The first-order valence-electron chi connectivity index (χ1n) is 3.68. The van der Waals surface area contributed by atoms with Crippen molar-refractivity contribution in [2.24, 2.45) is 0 Å². The third kappa shape index (κ3) is 1.82. The summed E-state index contributed by atoms with van der Waals surface area (Å²) in [5.41, 5.74) is -0.126. The van der Waals surface area contributed by atoms with E-state index in [1.807, 2.05) is 0 Å². The quantitative estimate of drug-likeness (QED) is 0.663. The molecule has 0 aliphatic heterocycles. The summed E-state index contributed by atoms with van der Waals surface area (Å²) in [6, 6.07) is 4.25. The minimum absolute atomic E-state index is 0.126. The Kier molecular flexibility index (Phi) is 2.35. The number of ether oxygens (including phenoxy) is 1. The Morgan fingerprint density at radius 1 is 1.36 bits per heavy atom. The molecule has 0 unspecified atom stereocenters. The fraction of sp³-hybridized carbons (Fsp3) is 0.556. The molecule has 62 valence electrons. The van der Waals surface area contributed by atoms with E-state index in [2.05, 4.69) is 32.9 Å². The first kappa shape index (κ1) is 8.75. The van der Waals surface area contributed by atoms with Crippen LogP contribution in [-0.2, 0) is 10.3 Å². The first-order chi connectivity index (χ1) is 5.06. The fourth-order valence-electron chi connectivity index (χ4n) is 0.859. The van der Waals surface area contributed by atoms with Gasteiger partial charge in [0, 0.05) is 16.9 Å². The summed E-state index contributed by atoms with van der Waals surface area (Å²) in [5.74, 6) is 0. The van der Waals surface area contributed by atoms with Crippen LogP contribution in [0.5, 0.6) is 0 Å². The van der Waals surface area contributed by atoms with Gasteiger partial charge in [-0.05, 0) is 32.9 Å². The van der Waals surface area contributed by atoms with Gasteiger partial charge in [0.05, 0.1) is 5.60 Å². The van der Waals surface area contributed by atoms with Gasteiger partial charge in [-0.3, -0.25) is 0 Å². The Labute approximate surface area is 72.0 Å². The van der Waals surface area contributed by atoms with Crippen LogP contribution in [0.4, 0.5) is 0 Å². The predicted octanol–water partition coefficient (Wildman–Crippen LogP) is 2.94. The van der Waals surface area contributed by atoms with Gasteiger partial charge in [-0.15, -0.1) is 11.3 Å². The summed E-state index contributed by atoms with van der Waals surface area (Å²) in [5, 5.41) is 0. The zero-order valence-corrected chi connectivity index (χ0v) is 8.29. The van der Waals surface area contributed by atoms with E-state index in [-0.39, 0.29) is 5.60 Å². The first-order valence-corrected chi connectivity index (χ1v) is 4.50. The number of hydrogen-bond acceptors (Lipinski definition) is 2. The van der Waals surface area contributed by atoms with Gasteiger partial charge in [-0.25, -0.2) is 0 Å². The molecule has 11 heavy (non-hydrogen) atoms. The molecule has 2 heteroatoms. The second kappa shape index (κ2) is 2.95. The molecule has 0 aliphatic carbocycles. The summed E-state index contributed by atoms with van der Waals surface area (Å²) in [7, 11) is 1.75. The topological polar surface area (TPSA) is 9.23 Å². The lowest BCUT2D eigenvalue weighted by Gasteiger charge is -2.20. The Morgan fingerprint density at radius 2 is 2.00 bits per heavy atom. The molecule has 0 amide bonds. The average Bonchev–Trinajstić information content (AvgIpc) is 2.36. The van der Waals surface area contributed by atoms with Crippen LogP contribution in [0.1, 0.15) is 23.6 Å². The summed E-state index contributed by atoms with van der Waals surface area (Å²) in [6.07, 6.45) is 0. The molecule has 1 aromatic heterocycles. The van der Waals surface area contributed by atoms with Crippen LogP contribution in [-0.4, -0.2) is 7.11 Å². The summed E-state index contributed by atoms with van der Waals surface area (Å²) in [6.45, 7) is 6.27. The SMILES string of the molecule is COC(C)(C)c1ccc(C)s1. The highest BCUT2D eigenvalue weighted by Crippen LogP contribution is 2.29. The molecule has 0 spiro atoms. The molecule has 1 heterocycles. The summed E-state index contributed by atoms with van der Waals surface area (Å²) >= 11 is 1.79. The Hall–Kier alpha value is -0.340. The highest BCUT2D eigenvalue weighted by molar-refractivity contribution is 7.12. The number of rotatable bonds is 2. The van der Waals surface area contributed by atoms with E-state index in [0.717, 1.165) is 0 Å². The second-order valence-corrected chi connectivity index (χ2v) is 4.41. The van der Waals surface area contributed by atoms with Crippen molar-refractivity contribution in [3.05, 3.63) is 21.9 Å². The van der Waals surface area contributed by atoms with Gasteiger partial charge in [0.15, 0.2) is 0 Å². The molecular formula is C9H14OS. The van der Waals surface area contributed by atoms with Crippen LogP contribution in [0.15, 0.2) is 12.1 Å². The third-order valence-electron chi connectivity index (χ3n) is 1.84. The van der Waals surface area contributed by atoms with Gasteiger partial charge < -0.3 is 4.74 Å². The van der Waals surface area contributed by atoms with E-state index in [4.69, 9.17) is 4.74 Å². The van der Waals surface area contributed by atoms with Crippen LogP contribution in [0.2, 0.25) is 0 Å². The molecule has 1 nitrogen and oxygen atoms in total. The fourth-order valence-corrected chi connectivity index (χ4v) is 1.81. The smallest absolute Gasteiger partial charge is 0.0962 e. The zero-order chi connectivity index (χ0) is 8.48. The lowest BCUT2D eigenvalue weighted by Crippen LogP contribution is -2.17. The normalized spacial score (nSPS) is 12.0. The highest BCUT2D eigenvalue weighted by atomic mass is 32.1. The van der Waals surface area contributed by atoms with Crippen LogP contribution >= 0.6 is 11.3 Å². The molecule has 0 saturated carbocycles. The summed E-state index contributed by atoms with van der Waals surface area (Å²) < 4.78 is 5.35. The number of hydrogen-bond donors (Lipinski definition) is 0. The lowest BCUT2D eigenvalue weighted by atomic mass is 10.1. The molecule has 0 N–H and O–H groups in total. The van der Waals surface area contributed by atoms with Crippen molar-refractivity contribution in [3.8, 4) is 0 Å². The predicted molar refractivity (Wildman–Crippen MR) is 49.1 cm³/mol. The number of methoxy groups -OCH3 is 1. The standard InChI is InChI=1S/C9H14OS/c1-7-5-6-8(11-7)9(2,3)10-4/h5-6H,1-4H3. The van der Waals surface area contributed by atoms with Crippen molar-refractivity contribution < 1.29 is 4.74 Å². The monoisotopic (exact) mass is 170 g/mol. The van der Waals surface area contributed by atoms with E-state index >= 15 is 0 Å². The van der Waals surface area contributed by atoms with Gasteiger partial charge in [0.25, 0.3) is 0 Å². The maximum atomic E-state index is 5.35. The Balaban J connectivity index is 2.92. The van der Waals surface area contributed by atoms with Crippen molar-refractivity contribution in [1.29, 1.82) is 0 Å². The van der Waals surface area contributed by atoms with Crippen molar-refractivity contribution in [2.45, 2.75) is 26.4 Å². The molecular weight excluding hydrogens is 156 g/mol. The Morgan fingerprint density at radius 3 is 2.36 bits per heavy atom. The van der Waals surface area contributed by atoms with E-state index < -0.39 is 0 Å².